The summed E-state index contributed by atoms with van der Waals surface area (Å²) in [5.74, 6) is 0.382. The molecule has 0 bridgehead atoms. The van der Waals surface area contributed by atoms with Crippen LogP contribution in [0.1, 0.15) is 42.7 Å². The van der Waals surface area contributed by atoms with Crippen molar-refractivity contribution in [1.29, 1.82) is 0 Å². The number of thiazole rings is 1. The summed E-state index contributed by atoms with van der Waals surface area (Å²) >= 11 is 7.94. The van der Waals surface area contributed by atoms with E-state index in [0.717, 1.165) is 53.6 Å². The first-order chi connectivity index (χ1) is 14.9. The van der Waals surface area contributed by atoms with Gasteiger partial charge in [0.1, 0.15) is 5.01 Å². The van der Waals surface area contributed by atoms with Crippen LogP contribution >= 0.6 is 22.9 Å². The first-order valence-electron chi connectivity index (χ1n) is 10.7. The maximum atomic E-state index is 13.0. The van der Waals surface area contributed by atoms with Crippen LogP contribution in [0.25, 0.3) is 22.0 Å². The van der Waals surface area contributed by atoms with Crippen molar-refractivity contribution in [2.75, 3.05) is 13.2 Å². The Morgan fingerprint density at radius 1 is 1.39 bits per heavy atom. The van der Waals surface area contributed by atoms with E-state index in [-0.39, 0.29) is 12.0 Å². The van der Waals surface area contributed by atoms with Gasteiger partial charge in [-0.25, -0.2) is 4.98 Å². The van der Waals surface area contributed by atoms with Crippen molar-refractivity contribution < 1.29 is 9.53 Å². The third kappa shape index (κ3) is 4.86. The van der Waals surface area contributed by atoms with Crippen LogP contribution in [0.15, 0.2) is 35.7 Å². The van der Waals surface area contributed by atoms with Gasteiger partial charge >= 0.3 is 0 Å². The predicted octanol–water partition coefficient (Wildman–Crippen LogP) is 5.81. The van der Waals surface area contributed by atoms with Crippen molar-refractivity contribution in [3.05, 3.63) is 52.0 Å². The molecule has 0 saturated carbocycles. The zero-order valence-corrected chi connectivity index (χ0v) is 19.7. The smallest absolute Gasteiger partial charge is 0.253 e. The van der Waals surface area contributed by atoms with E-state index in [1.54, 1.807) is 11.3 Å². The van der Waals surface area contributed by atoms with Crippen molar-refractivity contribution >= 4 is 28.8 Å². The molecule has 0 aliphatic carbocycles. The number of aromatic nitrogens is 2. The monoisotopic (exact) mass is 457 g/mol. The predicted molar refractivity (Wildman–Crippen MR) is 127 cm³/mol. The van der Waals surface area contributed by atoms with Crippen LogP contribution < -0.4 is 5.32 Å². The third-order valence-electron chi connectivity index (χ3n) is 5.54. The molecule has 164 valence electrons. The fraction of sp³-hybridized carbons (Fsp3) is 0.417. The van der Waals surface area contributed by atoms with Crippen LogP contribution in [-0.2, 0) is 11.3 Å². The Morgan fingerprint density at radius 3 is 2.90 bits per heavy atom. The van der Waals surface area contributed by atoms with Gasteiger partial charge in [-0.1, -0.05) is 43.6 Å². The molecular formula is C24H28ClN3O2S. The molecule has 3 aromatic rings. The summed E-state index contributed by atoms with van der Waals surface area (Å²) < 4.78 is 7.84. The summed E-state index contributed by atoms with van der Waals surface area (Å²) in [5, 5.41) is 6.65. The Morgan fingerprint density at radius 2 is 2.19 bits per heavy atom. The Labute approximate surface area is 192 Å². The summed E-state index contributed by atoms with van der Waals surface area (Å²) in [4.78, 5) is 17.8. The summed E-state index contributed by atoms with van der Waals surface area (Å²) in [5.41, 5.74) is 4.40. The second-order valence-corrected chi connectivity index (χ2v) is 9.66. The third-order valence-corrected chi connectivity index (χ3v) is 6.75. The second kappa shape index (κ2) is 9.55. The standard InChI is InChI=1S/C24H28ClN3O2S/c1-15(2)13-28-16(3)19(23(29)26-12-17-7-6-10-30-17)11-22(28)21-14-31-24(27-21)18-8-4-5-9-20(18)25/h4-5,8-9,11,14-15,17H,6-7,10,12-13H2,1-3H3,(H,26,29). The maximum absolute atomic E-state index is 13.0. The topological polar surface area (TPSA) is 56.1 Å². The normalized spacial score (nSPS) is 16.2. The van der Waals surface area contributed by atoms with Crippen LogP contribution in [0.4, 0.5) is 0 Å². The molecule has 1 amide bonds. The average Bonchev–Trinajstić information content (AvgIpc) is 3.48. The number of halogens is 1. The second-order valence-electron chi connectivity index (χ2n) is 8.40. The first-order valence-corrected chi connectivity index (χ1v) is 12.0. The number of nitrogens with one attached hydrogen (secondary N) is 1. The average molecular weight is 458 g/mol. The van der Waals surface area contributed by atoms with Gasteiger partial charge in [-0.2, -0.15) is 0 Å². The lowest BCUT2D eigenvalue weighted by Gasteiger charge is -2.14. The van der Waals surface area contributed by atoms with E-state index in [1.807, 2.05) is 42.6 Å². The number of carbonyl (C=O) groups excluding carboxylic acids is 1. The number of benzene rings is 1. The maximum Gasteiger partial charge on any atom is 0.253 e. The molecule has 31 heavy (non-hydrogen) atoms. The molecule has 1 aromatic carbocycles. The molecule has 0 spiro atoms. The quantitative estimate of drug-likeness (QED) is 0.487. The SMILES string of the molecule is Cc1c(C(=O)NCC2CCCO2)cc(-c2csc(-c3ccccc3Cl)n2)n1CC(C)C. The van der Waals surface area contributed by atoms with Crippen molar-refractivity contribution in [1.82, 2.24) is 14.9 Å². The zero-order valence-electron chi connectivity index (χ0n) is 18.2. The Hall–Kier alpha value is -2.15. The number of rotatable bonds is 7. The highest BCUT2D eigenvalue weighted by atomic mass is 35.5. The van der Waals surface area contributed by atoms with Gasteiger partial charge in [-0.3, -0.25) is 4.79 Å². The number of ether oxygens (including phenoxy) is 1. The Kier molecular flexibility index (Phi) is 6.80. The van der Waals surface area contributed by atoms with Crippen molar-refractivity contribution in [3.8, 4) is 22.0 Å². The molecule has 1 aliphatic rings. The van der Waals surface area contributed by atoms with E-state index in [9.17, 15) is 4.79 Å². The van der Waals surface area contributed by atoms with Crippen LogP contribution in [0.2, 0.25) is 5.02 Å². The van der Waals surface area contributed by atoms with E-state index in [0.29, 0.717) is 23.0 Å². The lowest BCUT2D eigenvalue weighted by molar-refractivity contribution is 0.0857. The van der Waals surface area contributed by atoms with Crippen LogP contribution in [0.5, 0.6) is 0 Å². The summed E-state index contributed by atoms with van der Waals surface area (Å²) in [6.45, 7) is 8.52. The van der Waals surface area contributed by atoms with Gasteiger partial charge in [0.05, 0.1) is 28.1 Å². The Balaban J connectivity index is 1.64. The minimum atomic E-state index is -0.0571. The summed E-state index contributed by atoms with van der Waals surface area (Å²) in [6, 6.07) is 9.70. The number of nitrogens with zero attached hydrogens (tertiary/aromatic N) is 2. The molecule has 5 nitrogen and oxygen atoms in total. The van der Waals surface area contributed by atoms with Crippen LogP contribution in [0, 0.1) is 12.8 Å². The molecule has 1 unspecified atom stereocenters. The summed E-state index contributed by atoms with van der Waals surface area (Å²) in [6.07, 6.45) is 2.19. The van der Waals surface area contributed by atoms with Crippen molar-refractivity contribution in [2.24, 2.45) is 5.92 Å². The van der Waals surface area contributed by atoms with E-state index < -0.39 is 0 Å². The molecule has 3 heterocycles. The highest BCUT2D eigenvalue weighted by molar-refractivity contribution is 7.13. The number of hydrogen-bond donors (Lipinski definition) is 1. The number of carbonyl (C=O) groups is 1. The molecule has 1 saturated heterocycles. The fourth-order valence-electron chi connectivity index (χ4n) is 3.94. The lowest BCUT2D eigenvalue weighted by atomic mass is 10.2. The summed E-state index contributed by atoms with van der Waals surface area (Å²) in [7, 11) is 0. The molecular weight excluding hydrogens is 430 g/mol. The van der Waals surface area contributed by atoms with Gasteiger partial charge in [0.15, 0.2) is 0 Å². The van der Waals surface area contributed by atoms with Crippen molar-refractivity contribution in [3.63, 3.8) is 0 Å². The van der Waals surface area contributed by atoms with E-state index in [1.165, 1.54) is 0 Å². The van der Waals surface area contributed by atoms with Gasteiger partial charge in [0.2, 0.25) is 0 Å². The first kappa shape index (κ1) is 22.1. The fourth-order valence-corrected chi connectivity index (χ4v) is 5.08. The van der Waals surface area contributed by atoms with Gasteiger partial charge in [0.25, 0.3) is 5.91 Å². The van der Waals surface area contributed by atoms with E-state index in [2.05, 4.69) is 23.7 Å². The van der Waals surface area contributed by atoms with Crippen molar-refractivity contribution in [2.45, 2.75) is 46.3 Å². The number of amides is 1. The van der Waals surface area contributed by atoms with E-state index >= 15 is 0 Å². The Bertz CT molecular complexity index is 1070. The molecule has 4 rings (SSSR count). The minimum Gasteiger partial charge on any atom is -0.376 e. The van der Waals surface area contributed by atoms with Gasteiger partial charge in [0, 0.05) is 36.3 Å². The minimum absolute atomic E-state index is 0.0571. The molecule has 0 radical (unpaired) electrons. The molecule has 1 fully saturated rings. The largest absolute Gasteiger partial charge is 0.376 e. The van der Waals surface area contributed by atoms with Gasteiger partial charge in [-0.05, 0) is 37.8 Å². The molecule has 1 aliphatic heterocycles. The zero-order chi connectivity index (χ0) is 22.0. The molecule has 2 aromatic heterocycles. The molecule has 1 atom stereocenters. The van der Waals surface area contributed by atoms with Gasteiger partial charge in [-0.15, -0.1) is 11.3 Å². The molecule has 1 N–H and O–H groups in total. The van der Waals surface area contributed by atoms with Gasteiger partial charge < -0.3 is 14.6 Å². The van der Waals surface area contributed by atoms with Crippen LogP contribution in [0.3, 0.4) is 0 Å². The van der Waals surface area contributed by atoms with E-state index in [4.69, 9.17) is 21.3 Å². The highest BCUT2D eigenvalue weighted by Gasteiger charge is 2.22. The van der Waals surface area contributed by atoms with Crippen LogP contribution in [-0.4, -0.2) is 34.7 Å². The highest BCUT2D eigenvalue weighted by Crippen LogP contribution is 2.34. The lowest BCUT2D eigenvalue weighted by Crippen LogP contribution is -2.32. The number of hydrogen-bond acceptors (Lipinski definition) is 4. The molecule has 7 heteroatoms.